The molecule has 0 heterocycles. The molecule has 0 N–H and O–H groups in total. The summed E-state index contributed by atoms with van der Waals surface area (Å²) in [5, 5.41) is 0. The third-order valence-corrected chi connectivity index (χ3v) is 10.0. The average Bonchev–Trinajstić information content (AvgIpc) is 3.48. The van der Waals surface area contributed by atoms with Crippen LogP contribution in [0.3, 0.4) is 0 Å². The number of para-hydroxylation sites is 1. The molecule has 1 nitrogen and oxygen atoms in total. The van der Waals surface area contributed by atoms with Crippen molar-refractivity contribution in [1.29, 1.82) is 0 Å². The van der Waals surface area contributed by atoms with Gasteiger partial charge in [-0.1, -0.05) is 137 Å². The van der Waals surface area contributed by atoms with E-state index in [0.29, 0.717) is 0 Å². The average molecular weight is 580 g/mol. The van der Waals surface area contributed by atoms with E-state index in [1.165, 1.54) is 55.7 Å². The lowest BCUT2D eigenvalue weighted by Gasteiger charge is -2.28. The third-order valence-electron chi connectivity index (χ3n) is 10.0. The fraction of sp³-hybridized carbons (Fsp3) is 0.136. The van der Waals surface area contributed by atoms with Crippen molar-refractivity contribution in [2.45, 2.75) is 38.5 Å². The molecule has 0 fully saturated rings. The lowest BCUT2D eigenvalue weighted by atomic mass is 9.75. The highest BCUT2D eigenvalue weighted by atomic mass is 15.1. The smallest absolute Gasteiger partial charge is 0.0462 e. The van der Waals surface area contributed by atoms with Gasteiger partial charge in [0.2, 0.25) is 0 Å². The highest BCUT2D eigenvalue weighted by molar-refractivity contribution is 6.09. The van der Waals surface area contributed by atoms with Crippen LogP contribution >= 0.6 is 0 Å². The van der Waals surface area contributed by atoms with Crippen molar-refractivity contribution in [3.05, 3.63) is 174 Å². The second kappa shape index (κ2) is 10.2. The lowest BCUT2D eigenvalue weighted by molar-refractivity contribution is 0.694. The quantitative estimate of drug-likeness (QED) is 0.196. The Hall–Kier alpha value is -5.14. The lowest BCUT2D eigenvalue weighted by Crippen LogP contribution is -2.19. The SMILES string of the molecule is CC1(C)C2=C(c3ccccc31)C(C)(C)c1cc(-c3ccc(N(c4ccccc4)c4ccc(-c5ccccc5)cc4)cc3)ccc12. The molecule has 0 unspecified atom stereocenters. The van der Waals surface area contributed by atoms with Gasteiger partial charge < -0.3 is 4.90 Å². The van der Waals surface area contributed by atoms with Crippen LogP contribution in [0.15, 0.2) is 152 Å². The van der Waals surface area contributed by atoms with Gasteiger partial charge in [-0.05, 0) is 98.1 Å². The number of nitrogens with zero attached hydrogens (tertiary/aromatic N) is 1. The highest BCUT2D eigenvalue weighted by Gasteiger charge is 2.49. The van der Waals surface area contributed by atoms with Crippen LogP contribution in [0, 0.1) is 0 Å². The van der Waals surface area contributed by atoms with Gasteiger partial charge in [-0.2, -0.15) is 0 Å². The standard InChI is InChI=1S/C44H37N/c1-43(2)39-18-12-11-17-37(39)41-42(43)38-28-23-33(29-40(38)44(41,3)4)32-21-26-36(27-22-32)45(34-15-9-6-10-16-34)35-24-19-31(20-25-35)30-13-7-5-8-14-30/h5-29H,1-4H3. The Morgan fingerprint density at radius 3 is 1.40 bits per heavy atom. The molecule has 0 atom stereocenters. The molecule has 2 aliphatic carbocycles. The molecule has 0 aliphatic heterocycles. The van der Waals surface area contributed by atoms with Crippen LogP contribution in [0.2, 0.25) is 0 Å². The summed E-state index contributed by atoms with van der Waals surface area (Å²) in [5.74, 6) is 0. The fourth-order valence-corrected chi connectivity index (χ4v) is 7.80. The van der Waals surface area contributed by atoms with E-state index in [9.17, 15) is 0 Å². The molecule has 218 valence electrons. The summed E-state index contributed by atoms with van der Waals surface area (Å²) in [6.07, 6.45) is 0. The topological polar surface area (TPSA) is 3.24 Å². The van der Waals surface area contributed by atoms with Gasteiger partial charge in [0.15, 0.2) is 0 Å². The van der Waals surface area contributed by atoms with Crippen molar-refractivity contribution < 1.29 is 0 Å². The number of rotatable bonds is 5. The molecule has 0 saturated carbocycles. The molecule has 8 rings (SSSR count). The normalized spacial score (nSPS) is 15.4. The number of hydrogen-bond donors (Lipinski definition) is 0. The maximum absolute atomic E-state index is 2.44. The van der Waals surface area contributed by atoms with Gasteiger partial charge in [-0.15, -0.1) is 0 Å². The van der Waals surface area contributed by atoms with Crippen LogP contribution in [-0.4, -0.2) is 0 Å². The summed E-state index contributed by atoms with van der Waals surface area (Å²) in [4.78, 5) is 2.33. The highest BCUT2D eigenvalue weighted by Crippen LogP contribution is 2.62. The molecule has 0 saturated heterocycles. The second-order valence-electron chi connectivity index (χ2n) is 13.4. The van der Waals surface area contributed by atoms with Gasteiger partial charge in [-0.3, -0.25) is 0 Å². The molecule has 0 aromatic heterocycles. The summed E-state index contributed by atoms with van der Waals surface area (Å²) in [7, 11) is 0. The number of hydrogen-bond acceptors (Lipinski definition) is 1. The zero-order valence-corrected chi connectivity index (χ0v) is 26.4. The summed E-state index contributed by atoms with van der Waals surface area (Å²) in [6.45, 7) is 9.58. The molecule has 0 radical (unpaired) electrons. The Kier molecular flexibility index (Phi) is 6.22. The zero-order valence-electron chi connectivity index (χ0n) is 26.4. The van der Waals surface area contributed by atoms with Crippen molar-refractivity contribution >= 4 is 28.2 Å². The van der Waals surface area contributed by atoms with Crippen LogP contribution in [0.1, 0.15) is 49.9 Å². The largest absolute Gasteiger partial charge is 0.311 e. The van der Waals surface area contributed by atoms with Crippen LogP contribution < -0.4 is 4.90 Å². The van der Waals surface area contributed by atoms with Gasteiger partial charge >= 0.3 is 0 Å². The summed E-state index contributed by atoms with van der Waals surface area (Å²) >= 11 is 0. The molecule has 6 aromatic carbocycles. The predicted molar refractivity (Wildman–Crippen MR) is 191 cm³/mol. The van der Waals surface area contributed by atoms with Gasteiger partial charge in [0.1, 0.15) is 0 Å². The Balaban J connectivity index is 1.14. The predicted octanol–water partition coefficient (Wildman–Crippen LogP) is 12.0. The van der Waals surface area contributed by atoms with E-state index in [1.807, 2.05) is 0 Å². The van der Waals surface area contributed by atoms with E-state index < -0.39 is 0 Å². The first-order valence-corrected chi connectivity index (χ1v) is 16.0. The molecule has 0 bridgehead atoms. The minimum Gasteiger partial charge on any atom is -0.311 e. The molecule has 45 heavy (non-hydrogen) atoms. The zero-order chi connectivity index (χ0) is 30.8. The third kappa shape index (κ3) is 4.30. The van der Waals surface area contributed by atoms with Gasteiger partial charge in [0, 0.05) is 27.9 Å². The van der Waals surface area contributed by atoms with Crippen molar-refractivity contribution in [2.75, 3.05) is 4.90 Å². The maximum atomic E-state index is 2.44. The summed E-state index contributed by atoms with van der Waals surface area (Å²) in [6, 6.07) is 55.2. The second-order valence-corrected chi connectivity index (χ2v) is 13.4. The van der Waals surface area contributed by atoms with E-state index in [1.54, 1.807) is 0 Å². The number of allylic oxidation sites excluding steroid dienone is 2. The molecule has 6 aromatic rings. The Morgan fingerprint density at radius 2 is 0.778 bits per heavy atom. The molecule has 1 heteroatoms. The Morgan fingerprint density at radius 1 is 0.356 bits per heavy atom. The van der Waals surface area contributed by atoms with Crippen molar-refractivity contribution in [3.8, 4) is 22.3 Å². The molecule has 2 aliphatic rings. The van der Waals surface area contributed by atoms with Crippen molar-refractivity contribution in [1.82, 2.24) is 0 Å². The Labute approximate surface area is 267 Å². The minimum absolute atomic E-state index is 0.00218. The number of benzene rings is 6. The number of fused-ring (bicyclic) bond motifs is 4. The Bertz CT molecular complexity index is 2060. The van der Waals surface area contributed by atoms with Crippen LogP contribution in [0.5, 0.6) is 0 Å². The molecule has 0 spiro atoms. The summed E-state index contributed by atoms with van der Waals surface area (Å²) in [5.41, 5.74) is 17.0. The van der Waals surface area contributed by atoms with Gasteiger partial charge in [0.25, 0.3) is 0 Å². The number of anilines is 3. The minimum atomic E-state index is -0.0550. The first kappa shape index (κ1) is 27.4. The van der Waals surface area contributed by atoms with E-state index in [0.717, 1.165) is 17.1 Å². The monoisotopic (exact) mass is 579 g/mol. The van der Waals surface area contributed by atoms with E-state index in [-0.39, 0.29) is 10.8 Å². The molecular weight excluding hydrogens is 542 g/mol. The van der Waals surface area contributed by atoms with Crippen molar-refractivity contribution in [3.63, 3.8) is 0 Å². The van der Waals surface area contributed by atoms with Crippen LogP contribution in [0.4, 0.5) is 17.1 Å². The molecular formula is C44H37N. The van der Waals surface area contributed by atoms with E-state index >= 15 is 0 Å². The summed E-state index contributed by atoms with van der Waals surface area (Å²) < 4.78 is 0. The van der Waals surface area contributed by atoms with Crippen LogP contribution in [0.25, 0.3) is 33.4 Å². The first-order chi connectivity index (χ1) is 21.8. The van der Waals surface area contributed by atoms with E-state index in [4.69, 9.17) is 0 Å². The fourth-order valence-electron chi connectivity index (χ4n) is 7.80. The van der Waals surface area contributed by atoms with Crippen molar-refractivity contribution in [2.24, 2.45) is 0 Å². The van der Waals surface area contributed by atoms with Gasteiger partial charge in [-0.25, -0.2) is 0 Å². The molecule has 0 amide bonds. The van der Waals surface area contributed by atoms with Gasteiger partial charge in [0.05, 0.1) is 0 Å². The first-order valence-electron chi connectivity index (χ1n) is 16.0. The maximum Gasteiger partial charge on any atom is 0.0462 e. The van der Waals surface area contributed by atoms with Crippen LogP contribution in [-0.2, 0) is 10.8 Å². The van der Waals surface area contributed by atoms with E-state index in [2.05, 4.69) is 184 Å².